The van der Waals surface area contributed by atoms with E-state index in [4.69, 9.17) is 0 Å². The highest BCUT2D eigenvalue weighted by atomic mass is 16.6. The minimum absolute atomic E-state index is 0.121. The Hall–Kier alpha value is -2.76. The van der Waals surface area contributed by atoms with Crippen LogP contribution in [0.25, 0.3) is 0 Å². The predicted molar refractivity (Wildman–Crippen MR) is 70.0 cm³/mol. The lowest BCUT2D eigenvalue weighted by molar-refractivity contribution is -0.384. The smallest absolute Gasteiger partial charge is 0.270 e. The van der Waals surface area contributed by atoms with Crippen LogP contribution < -0.4 is 5.32 Å². The number of nitrogens with one attached hydrogen (secondary N) is 1. The van der Waals surface area contributed by atoms with Gasteiger partial charge in [0, 0.05) is 23.9 Å². The van der Waals surface area contributed by atoms with Crippen LogP contribution in [-0.4, -0.2) is 15.8 Å². The topological polar surface area (TPSA) is 85.1 Å². The molecular formula is C13H11N3O3. The van der Waals surface area contributed by atoms with Gasteiger partial charge in [0.05, 0.1) is 4.92 Å². The molecule has 2 rings (SSSR count). The highest BCUT2D eigenvalue weighted by Crippen LogP contribution is 2.14. The molecule has 1 N–H and O–H groups in total. The summed E-state index contributed by atoms with van der Waals surface area (Å²) in [7, 11) is 0. The molecule has 1 heterocycles. The predicted octanol–water partition coefficient (Wildman–Crippen LogP) is 2.55. The molecule has 96 valence electrons. The normalized spacial score (nSPS) is 9.95. The number of aryl methyl sites for hydroxylation is 1. The van der Waals surface area contributed by atoms with Crippen LogP contribution in [-0.2, 0) is 0 Å². The van der Waals surface area contributed by atoms with Gasteiger partial charge in [-0.1, -0.05) is 6.07 Å². The minimum atomic E-state index is -0.540. The number of rotatable bonds is 3. The fraction of sp³-hybridized carbons (Fsp3) is 0.0769. The molecule has 2 aromatic rings. The lowest BCUT2D eigenvalue weighted by Crippen LogP contribution is -2.13. The van der Waals surface area contributed by atoms with Gasteiger partial charge in [-0.05, 0) is 30.7 Å². The van der Waals surface area contributed by atoms with E-state index in [0.29, 0.717) is 5.82 Å². The SMILES string of the molecule is Cc1ccnc(NC(=O)c2cccc([N+](=O)[O-])c2)c1. The van der Waals surface area contributed by atoms with Gasteiger partial charge >= 0.3 is 0 Å². The summed E-state index contributed by atoms with van der Waals surface area (Å²) in [4.78, 5) is 26.0. The van der Waals surface area contributed by atoms with E-state index in [1.165, 1.54) is 24.3 Å². The van der Waals surface area contributed by atoms with Gasteiger partial charge in [-0.2, -0.15) is 0 Å². The Morgan fingerprint density at radius 1 is 1.32 bits per heavy atom. The van der Waals surface area contributed by atoms with Gasteiger partial charge in [0.1, 0.15) is 5.82 Å². The molecule has 0 aliphatic carbocycles. The molecular weight excluding hydrogens is 246 g/mol. The molecule has 6 nitrogen and oxygen atoms in total. The molecule has 0 aliphatic heterocycles. The number of amides is 1. The number of benzene rings is 1. The fourth-order valence-electron chi connectivity index (χ4n) is 1.55. The first-order chi connectivity index (χ1) is 9.06. The standard InChI is InChI=1S/C13H11N3O3/c1-9-5-6-14-12(7-9)15-13(17)10-3-2-4-11(8-10)16(18)19/h2-8H,1H3,(H,14,15,17). The number of carbonyl (C=O) groups excluding carboxylic acids is 1. The van der Waals surface area contributed by atoms with E-state index in [1.807, 2.05) is 13.0 Å². The molecule has 1 amide bonds. The van der Waals surface area contributed by atoms with Crippen molar-refractivity contribution >= 4 is 17.4 Å². The number of nitro benzene ring substituents is 1. The van der Waals surface area contributed by atoms with Crippen molar-refractivity contribution < 1.29 is 9.72 Å². The average Bonchev–Trinajstić information content (AvgIpc) is 2.39. The average molecular weight is 257 g/mol. The number of nitro groups is 1. The second-order valence-electron chi connectivity index (χ2n) is 3.98. The molecule has 0 saturated heterocycles. The van der Waals surface area contributed by atoms with Crippen molar-refractivity contribution in [3.05, 3.63) is 63.8 Å². The number of aromatic nitrogens is 1. The van der Waals surface area contributed by atoms with Crippen molar-refractivity contribution in [2.75, 3.05) is 5.32 Å². The molecule has 0 radical (unpaired) electrons. The van der Waals surface area contributed by atoms with E-state index >= 15 is 0 Å². The third-order valence-corrected chi connectivity index (χ3v) is 2.48. The van der Waals surface area contributed by atoms with Crippen LogP contribution in [0, 0.1) is 17.0 Å². The zero-order chi connectivity index (χ0) is 13.8. The summed E-state index contributed by atoms with van der Waals surface area (Å²) in [6.07, 6.45) is 1.58. The zero-order valence-corrected chi connectivity index (χ0v) is 10.2. The number of nitrogens with zero attached hydrogens (tertiary/aromatic N) is 2. The Bertz CT molecular complexity index is 641. The zero-order valence-electron chi connectivity index (χ0n) is 10.2. The minimum Gasteiger partial charge on any atom is -0.307 e. The maximum absolute atomic E-state index is 11.9. The van der Waals surface area contributed by atoms with Crippen molar-refractivity contribution in [2.24, 2.45) is 0 Å². The Morgan fingerprint density at radius 2 is 2.11 bits per heavy atom. The Morgan fingerprint density at radius 3 is 2.79 bits per heavy atom. The second-order valence-corrected chi connectivity index (χ2v) is 3.98. The van der Waals surface area contributed by atoms with E-state index in [-0.39, 0.29) is 11.3 Å². The monoisotopic (exact) mass is 257 g/mol. The van der Waals surface area contributed by atoms with Crippen LogP contribution in [0.5, 0.6) is 0 Å². The molecule has 0 fully saturated rings. The third-order valence-electron chi connectivity index (χ3n) is 2.48. The van der Waals surface area contributed by atoms with E-state index in [2.05, 4.69) is 10.3 Å². The molecule has 6 heteroatoms. The van der Waals surface area contributed by atoms with Crippen LogP contribution in [0.15, 0.2) is 42.6 Å². The summed E-state index contributed by atoms with van der Waals surface area (Å²) in [5.74, 6) is -0.0155. The summed E-state index contributed by atoms with van der Waals surface area (Å²) in [6.45, 7) is 1.88. The first-order valence-electron chi connectivity index (χ1n) is 5.55. The molecule has 0 spiro atoms. The van der Waals surface area contributed by atoms with Crippen molar-refractivity contribution in [1.82, 2.24) is 4.98 Å². The number of anilines is 1. The van der Waals surface area contributed by atoms with Gasteiger partial charge < -0.3 is 5.32 Å². The van der Waals surface area contributed by atoms with Crippen molar-refractivity contribution in [1.29, 1.82) is 0 Å². The summed E-state index contributed by atoms with van der Waals surface area (Å²) in [5, 5.41) is 13.2. The van der Waals surface area contributed by atoms with Crippen LogP contribution in [0.3, 0.4) is 0 Å². The van der Waals surface area contributed by atoms with Gasteiger partial charge in [-0.15, -0.1) is 0 Å². The maximum atomic E-state index is 11.9. The summed E-state index contributed by atoms with van der Waals surface area (Å²) < 4.78 is 0. The first-order valence-corrected chi connectivity index (χ1v) is 5.55. The number of pyridine rings is 1. The van der Waals surface area contributed by atoms with Gasteiger partial charge in [0.2, 0.25) is 0 Å². The van der Waals surface area contributed by atoms with Crippen molar-refractivity contribution in [3.63, 3.8) is 0 Å². The van der Waals surface area contributed by atoms with Crippen LogP contribution in [0.2, 0.25) is 0 Å². The van der Waals surface area contributed by atoms with Gasteiger partial charge in [0.15, 0.2) is 0 Å². The van der Waals surface area contributed by atoms with Crippen molar-refractivity contribution in [2.45, 2.75) is 6.92 Å². The maximum Gasteiger partial charge on any atom is 0.270 e. The van der Waals surface area contributed by atoms with Gasteiger partial charge in [-0.25, -0.2) is 4.98 Å². The number of non-ortho nitro benzene ring substituents is 1. The quantitative estimate of drug-likeness (QED) is 0.676. The fourth-order valence-corrected chi connectivity index (χ4v) is 1.55. The molecule has 1 aromatic heterocycles. The molecule has 1 aromatic carbocycles. The number of hydrogen-bond donors (Lipinski definition) is 1. The van der Waals surface area contributed by atoms with Gasteiger partial charge in [0.25, 0.3) is 11.6 Å². The largest absolute Gasteiger partial charge is 0.307 e. The number of hydrogen-bond acceptors (Lipinski definition) is 4. The van der Waals surface area contributed by atoms with Crippen molar-refractivity contribution in [3.8, 4) is 0 Å². The Kier molecular flexibility index (Phi) is 3.51. The lowest BCUT2D eigenvalue weighted by atomic mass is 10.2. The third kappa shape index (κ3) is 3.12. The molecule has 0 saturated carbocycles. The van der Waals surface area contributed by atoms with Crippen LogP contribution in [0.1, 0.15) is 15.9 Å². The highest BCUT2D eigenvalue weighted by molar-refractivity contribution is 6.04. The summed E-state index contributed by atoms with van der Waals surface area (Å²) in [5.41, 5.74) is 1.06. The lowest BCUT2D eigenvalue weighted by Gasteiger charge is -2.04. The Balaban J connectivity index is 2.20. The molecule has 0 aliphatic rings. The Labute approximate surface area is 109 Å². The first kappa shape index (κ1) is 12.7. The van der Waals surface area contributed by atoms with E-state index in [1.54, 1.807) is 12.3 Å². The summed E-state index contributed by atoms with van der Waals surface area (Å²) >= 11 is 0. The summed E-state index contributed by atoms with van der Waals surface area (Å²) in [6, 6.07) is 9.07. The number of carbonyl (C=O) groups is 1. The van der Waals surface area contributed by atoms with Gasteiger partial charge in [-0.3, -0.25) is 14.9 Å². The van der Waals surface area contributed by atoms with Crippen LogP contribution >= 0.6 is 0 Å². The van der Waals surface area contributed by atoms with Crippen LogP contribution in [0.4, 0.5) is 11.5 Å². The molecule has 0 bridgehead atoms. The molecule has 0 unspecified atom stereocenters. The second kappa shape index (κ2) is 5.26. The van der Waals surface area contributed by atoms with E-state index in [0.717, 1.165) is 5.56 Å². The molecule has 19 heavy (non-hydrogen) atoms. The molecule has 0 atom stereocenters. The van der Waals surface area contributed by atoms with E-state index < -0.39 is 10.8 Å². The van der Waals surface area contributed by atoms with E-state index in [9.17, 15) is 14.9 Å². The highest BCUT2D eigenvalue weighted by Gasteiger charge is 2.11.